The first-order valence-electron chi connectivity index (χ1n) is 5.56. The standard InChI is InChI=1S/C14H9Br2ClF2O/c1-20-12-3-2-8(17)6-9(12)14(16)13-10(18)4-7(15)5-11(13)19/h2-6,14H,1H3. The average Bonchev–Trinajstić information content (AvgIpc) is 2.37. The minimum absolute atomic E-state index is 0.0891. The van der Waals surface area contributed by atoms with Crippen LogP contribution in [0, 0.1) is 11.6 Å². The fraction of sp³-hybridized carbons (Fsp3) is 0.143. The van der Waals surface area contributed by atoms with E-state index >= 15 is 0 Å². The van der Waals surface area contributed by atoms with Crippen molar-refractivity contribution in [1.82, 2.24) is 0 Å². The molecule has 0 N–H and O–H groups in total. The van der Waals surface area contributed by atoms with Crippen molar-refractivity contribution >= 4 is 43.5 Å². The molecule has 0 aliphatic heterocycles. The number of hydrogen-bond donors (Lipinski definition) is 0. The molecule has 1 nitrogen and oxygen atoms in total. The van der Waals surface area contributed by atoms with Gasteiger partial charge in [0, 0.05) is 20.6 Å². The molecule has 0 heterocycles. The van der Waals surface area contributed by atoms with Crippen molar-refractivity contribution in [3.05, 3.63) is 62.6 Å². The molecule has 2 aromatic carbocycles. The van der Waals surface area contributed by atoms with E-state index in [9.17, 15) is 8.78 Å². The molecule has 106 valence electrons. The van der Waals surface area contributed by atoms with Crippen LogP contribution in [-0.2, 0) is 0 Å². The summed E-state index contributed by atoms with van der Waals surface area (Å²) in [5.74, 6) is -0.806. The van der Waals surface area contributed by atoms with Crippen molar-refractivity contribution in [2.45, 2.75) is 4.83 Å². The molecule has 0 saturated carbocycles. The number of benzene rings is 2. The number of ether oxygens (including phenoxy) is 1. The normalized spacial score (nSPS) is 12.3. The molecule has 1 atom stereocenters. The van der Waals surface area contributed by atoms with Gasteiger partial charge in [-0.15, -0.1) is 0 Å². The lowest BCUT2D eigenvalue weighted by Gasteiger charge is -2.16. The smallest absolute Gasteiger partial charge is 0.131 e. The van der Waals surface area contributed by atoms with Crippen LogP contribution in [0.2, 0.25) is 5.02 Å². The van der Waals surface area contributed by atoms with Crippen LogP contribution in [0.25, 0.3) is 0 Å². The van der Waals surface area contributed by atoms with E-state index in [2.05, 4.69) is 31.9 Å². The molecule has 0 aliphatic rings. The van der Waals surface area contributed by atoms with E-state index in [0.29, 0.717) is 20.8 Å². The van der Waals surface area contributed by atoms with E-state index in [4.69, 9.17) is 16.3 Å². The zero-order chi connectivity index (χ0) is 14.9. The quantitative estimate of drug-likeness (QED) is 0.558. The summed E-state index contributed by atoms with van der Waals surface area (Å²) in [6.45, 7) is 0. The number of halogens is 5. The lowest BCUT2D eigenvalue weighted by molar-refractivity contribution is 0.410. The molecule has 20 heavy (non-hydrogen) atoms. The van der Waals surface area contributed by atoms with Gasteiger partial charge in [0.2, 0.25) is 0 Å². The Labute approximate surface area is 137 Å². The molecule has 0 amide bonds. The largest absolute Gasteiger partial charge is 0.496 e. The second-order valence-electron chi connectivity index (χ2n) is 4.03. The monoisotopic (exact) mass is 424 g/mol. The summed E-state index contributed by atoms with van der Waals surface area (Å²) < 4.78 is 33.6. The van der Waals surface area contributed by atoms with Crippen LogP contribution in [0.1, 0.15) is 16.0 Å². The minimum Gasteiger partial charge on any atom is -0.496 e. The van der Waals surface area contributed by atoms with E-state index in [-0.39, 0.29) is 5.56 Å². The maximum absolute atomic E-state index is 14.0. The van der Waals surface area contributed by atoms with Gasteiger partial charge in [-0.05, 0) is 30.3 Å². The topological polar surface area (TPSA) is 9.23 Å². The van der Waals surface area contributed by atoms with E-state index in [1.807, 2.05) is 0 Å². The predicted molar refractivity (Wildman–Crippen MR) is 82.8 cm³/mol. The Balaban J connectivity index is 2.57. The Morgan fingerprint density at radius 3 is 2.30 bits per heavy atom. The van der Waals surface area contributed by atoms with Crippen LogP contribution in [0.5, 0.6) is 5.75 Å². The van der Waals surface area contributed by atoms with E-state index < -0.39 is 16.5 Å². The maximum atomic E-state index is 14.0. The molecule has 0 aliphatic carbocycles. The zero-order valence-corrected chi connectivity index (χ0v) is 14.2. The summed E-state index contributed by atoms with van der Waals surface area (Å²) in [6.07, 6.45) is 0. The molecule has 0 radical (unpaired) electrons. The van der Waals surface area contributed by atoms with Gasteiger partial charge in [-0.2, -0.15) is 0 Å². The summed E-state index contributed by atoms with van der Waals surface area (Å²) in [7, 11) is 1.49. The summed E-state index contributed by atoms with van der Waals surface area (Å²) in [5.41, 5.74) is 0.467. The number of rotatable bonds is 3. The molecule has 2 rings (SSSR count). The first kappa shape index (κ1) is 15.7. The van der Waals surface area contributed by atoms with Crippen molar-refractivity contribution in [2.24, 2.45) is 0 Å². The molecule has 6 heteroatoms. The number of methoxy groups -OCH3 is 1. The Hall–Kier alpha value is -0.650. The molecular weight excluding hydrogens is 417 g/mol. The van der Waals surface area contributed by atoms with Gasteiger partial charge >= 0.3 is 0 Å². The third kappa shape index (κ3) is 3.15. The fourth-order valence-corrected chi connectivity index (χ4v) is 3.23. The van der Waals surface area contributed by atoms with Gasteiger partial charge in [-0.25, -0.2) is 8.78 Å². The summed E-state index contributed by atoms with van der Waals surface area (Å²) in [6, 6.07) is 7.34. The molecule has 2 aromatic rings. The molecule has 1 unspecified atom stereocenters. The molecule has 0 fully saturated rings. The van der Waals surface area contributed by atoms with Crippen LogP contribution in [0.3, 0.4) is 0 Å². The van der Waals surface area contributed by atoms with Crippen LogP contribution < -0.4 is 4.74 Å². The molecular formula is C14H9Br2ClF2O. The van der Waals surface area contributed by atoms with Crippen molar-refractivity contribution in [2.75, 3.05) is 7.11 Å². The van der Waals surface area contributed by atoms with E-state index in [1.165, 1.54) is 19.2 Å². The summed E-state index contributed by atoms with van der Waals surface area (Å²) in [4.78, 5) is -0.704. The highest BCUT2D eigenvalue weighted by atomic mass is 79.9. The van der Waals surface area contributed by atoms with Crippen molar-refractivity contribution in [3.63, 3.8) is 0 Å². The predicted octanol–water partition coefficient (Wildman–Crippen LogP) is 5.87. The highest BCUT2D eigenvalue weighted by Gasteiger charge is 2.23. The molecule has 0 bridgehead atoms. The maximum Gasteiger partial charge on any atom is 0.131 e. The third-order valence-corrected chi connectivity index (χ3v) is 4.41. The highest BCUT2D eigenvalue weighted by Crippen LogP contribution is 2.40. The van der Waals surface area contributed by atoms with Crippen molar-refractivity contribution in [1.29, 1.82) is 0 Å². The summed E-state index contributed by atoms with van der Waals surface area (Å²) in [5, 5.41) is 0.461. The summed E-state index contributed by atoms with van der Waals surface area (Å²) >= 11 is 12.3. The van der Waals surface area contributed by atoms with Gasteiger partial charge in [0.25, 0.3) is 0 Å². The Bertz CT molecular complexity index is 626. The third-order valence-electron chi connectivity index (χ3n) is 2.76. The van der Waals surface area contributed by atoms with Crippen LogP contribution in [0.15, 0.2) is 34.8 Å². The van der Waals surface area contributed by atoms with Gasteiger partial charge in [0.15, 0.2) is 0 Å². The van der Waals surface area contributed by atoms with E-state index in [0.717, 1.165) is 0 Å². The first-order valence-corrected chi connectivity index (χ1v) is 7.64. The van der Waals surface area contributed by atoms with E-state index in [1.54, 1.807) is 18.2 Å². The second-order valence-corrected chi connectivity index (χ2v) is 6.30. The van der Waals surface area contributed by atoms with Crippen LogP contribution in [-0.4, -0.2) is 7.11 Å². The second kappa shape index (κ2) is 6.41. The lowest BCUT2D eigenvalue weighted by Crippen LogP contribution is -2.03. The van der Waals surface area contributed by atoms with Crippen LogP contribution >= 0.6 is 43.5 Å². The van der Waals surface area contributed by atoms with Crippen molar-refractivity contribution < 1.29 is 13.5 Å². The van der Waals surface area contributed by atoms with Crippen LogP contribution in [0.4, 0.5) is 8.78 Å². The highest BCUT2D eigenvalue weighted by molar-refractivity contribution is 9.10. The fourth-order valence-electron chi connectivity index (χ4n) is 1.85. The zero-order valence-electron chi connectivity index (χ0n) is 10.3. The number of hydrogen-bond acceptors (Lipinski definition) is 1. The van der Waals surface area contributed by atoms with Gasteiger partial charge < -0.3 is 4.74 Å². The Kier molecular flexibility index (Phi) is 5.04. The van der Waals surface area contributed by atoms with Gasteiger partial charge in [0.1, 0.15) is 17.4 Å². The Morgan fingerprint density at radius 1 is 1.15 bits per heavy atom. The minimum atomic E-state index is -0.704. The molecule has 0 aromatic heterocycles. The lowest BCUT2D eigenvalue weighted by atomic mass is 10.0. The van der Waals surface area contributed by atoms with Gasteiger partial charge in [-0.3, -0.25) is 0 Å². The van der Waals surface area contributed by atoms with Gasteiger partial charge in [0.05, 0.1) is 11.9 Å². The number of alkyl halides is 1. The van der Waals surface area contributed by atoms with Crippen molar-refractivity contribution in [3.8, 4) is 5.75 Å². The first-order chi connectivity index (χ1) is 9.43. The Morgan fingerprint density at radius 2 is 1.75 bits per heavy atom. The van der Waals surface area contributed by atoms with Gasteiger partial charge in [-0.1, -0.05) is 43.5 Å². The SMILES string of the molecule is COc1ccc(Cl)cc1C(Br)c1c(F)cc(Br)cc1F. The molecule has 0 spiro atoms. The average molecular weight is 426 g/mol. The molecule has 0 saturated heterocycles.